The van der Waals surface area contributed by atoms with Gasteiger partial charge < -0.3 is 9.31 Å². The van der Waals surface area contributed by atoms with Crippen LogP contribution in [-0.4, -0.2) is 18.3 Å². The number of hydrogen-bond donors (Lipinski definition) is 1. The summed E-state index contributed by atoms with van der Waals surface area (Å²) in [6, 6.07) is 3.74. The van der Waals surface area contributed by atoms with Crippen LogP contribution in [0.25, 0.3) is 0 Å². The molecule has 0 N–H and O–H groups in total. The molecule has 2 nitrogen and oxygen atoms in total. The van der Waals surface area contributed by atoms with E-state index < -0.39 is 7.12 Å². The Bertz CT molecular complexity index is 454. The van der Waals surface area contributed by atoms with Crippen LogP contribution in [0.5, 0.6) is 0 Å². The largest absolute Gasteiger partial charge is 0.494 e. The van der Waals surface area contributed by atoms with Crippen LogP contribution < -0.4 is 5.46 Å². The Morgan fingerprint density at radius 2 is 1.67 bits per heavy atom. The fraction of sp³-hybridized carbons (Fsp3) is 0.500. The van der Waals surface area contributed by atoms with Crippen molar-refractivity contribution in [1.29, 1.82) is 0 Å². The van der Waals surface area contributed by atoms with Crippen LogP contribution in [0.1, 0.15) is 27.7 Å². The molecule has 0 spiro atoms. The molecule has 1 aromatic carbocycles. The van der Waals surface area contributed by atoms with E-state index in [-0.39, 0.29) is 11.2 Å². The van der Waals surface area contributed by atoms with E-state index in [1.54, 1.807) is 0 Å². The second kappa shape index (κ2) is 4.71. The molecule has 0 aromatic heterocycles. The van der Waals surface area contributed by atoms with Crippen LogP contribution in [0.2, 0.25) is 5.02 Å². The molecular formula is C12H15BBrClO2S. The molecule has 0 atom stereocenters. The first-order chi connectivity index (χ1) is 8.14. The zero-order valence-electron chi connectivity index (χ0n) is 10.8. The van der Waals surface area contributed by atoms with Crippen molar-refractivity contribution in [2.75, 3.05) is 0 Å². The van der Waals surface area contributed by atoms with Gasteiger partial charge in [0.2, 0.25) is 0 Å². The molecule has 98 valence electrons. The molecule has 2 rings (SSSR count). The van der Waals surface area contributed by atoms with Gasteiger partial charge in [0.15, 0.2) is 0 Å². The molecular weight excluding hydrogens is 334 g/mol. The molecule has 0 unspecified atom stereocenters. The van der Waals surface area contributed by atoms with Crippen LogP contribution >= 0.6 is 40.2 Å². The smallest absolute Gasteiger partial charge is 0.399 e. The highest BCUT2D eigenvalue weighted by atomic mass is 79.9. The van der Waals surface area contributed by atoms with Gasteiger partial charge in [-0.05, 0) is 61.2 Å². The van der Waals surface area contributed by atoms with Gasteiger partial charge in [0.25, 0.3) is 0 Å². The van der Waals surface area contributed by atoms with Crippen molar-refractivity contribution in [2.24, 2.45) is 0 Å². The van der Waals surface area contributed by atoms with Crippen molar-refractivity contribution < 1.29 is 9.31 Å². The highest BCUT2D eigenvalue weighted by Gasteiger charge is 2.51. The zero-order valence-corrected chi connectivity index (χ0v) is 14.0. The van der Waals surface area contributed by atoms with E-state index in [2.05, 4.69) is 28.6 Å². The lowest BCUT2D eigenvalue weighted by Gasteiger charge is -2.32. The summed E-state index contributed by atoms with van der Waals surface area (Å²) in [6.45, 7) is 8.09. The number of thiol groups is 1. The van der Waals surface area contributed by atoms with E-state index in [4.69, 9.17) is 20.9 Å². The minimum absolute atomic E-state index is 0.353. The standard InChI is InChI=1S/C12H15BBrClO2S/c1-11(2)12(3,4)17-13(16-11)7-5-8(15)10(14)9(18)6-7/h5-6,18H,1-4H3. The number of benzene rings is 1. The van der Waals surface area contributed by atoms with Crippen molar-refractivity contribution in [2.45, 2.75) is 43.8 Å². The van der Waals surface area contributed by atoms with E-state index in [1.807, 2.05) is 39.8 Å². The quantitative estimate of drug-likeness (QED) is 0.616. The first-order valence-electron chi connectivity index (χ1n) is 5.67. The molecule has 0 saturated carbocycles. The summed E-state index contributed by atoms with van der Waals surface area (Å²) in [6.07, 6.45) is 0. The van der Waals surface area contributed by atoms with Crippen molar-refractivity contribution >= 4 is 52.7 Å². The van der Waals surface area contributed by atoms with Gasteiger partial charge in [-0.3, -0.25) is 0 Å². The summed E-state index contributed by atoms with van der Waals surface area (Å²) >= 11 is 13.9. The second-order valence-electron chi connectivity index (χ2n) is 5.42. The van der Waals surface area contributed by atoms with Crippen LogP contribution in [-0.2, 0) is 9.31 Å². The van der Waals surface area contributed by atoms with Crippen molar-refractivity contribution in [1.82, 2.24) is 0 Å². The minimum atomic E-state index is -0.411. The lowest BCUT2D eigenvalue weighted by molar-refractivity contribution is 0.00578. The van der Waals surface area contributed by atoms with Gasteiger partial charge >= 0.3 is 7.12 Å². The van der Waals surface area contributed by atoms with E-state index >= 15 is 0 Å². The summed E-state index contributed by atoms with van der Waals surface area (Å²) in [5.41, 5.74) is 0.175. The summed E-state index contributed by atoms with van der Waals surface area (Å²) in [5, 5.41) is 0.604. The summed E-state index contributed by atoms with van der Waals surface area (Å²) in [5.74, 6) is 0. The van der Waals surface area contributed by atoms with Crippen LogP contribution in [0.3, 0.4) is 0 Å². The van der Waals surface area contributed by atoms with Crippen LogP contribution in [0.4, 0.5) is 0 Å². The summed E-state index contributed by atoms with van der Waals surface area (Å²) in [4.78, 5) is 0.771. The van der Waals surface area contributed by atoms with Gasteiger partial charge in [-0.1, -0.05) is 11.6 Å². The molecule has 0 radical (unpaired) electrons. The topological polar surface area (TPSA) is 18.5 Å². The molecule has 1 saturated heterocycles. The van der Waals surface area contributed by atoms with Gasteiger partial charge in [0.05, 0.1) is 16.2 Å². The maximum atomic E-state index is 6.13. The Balaban J connectivity index is 2.36. The molecule has 0 aliphatic carbocycles. The Morgan fingerprint density at radius 3 is 2.11 bits per heavy atom. The van der Waals surface area contributed by atoms with Crippen molar-refractivity contribution in [3.05, 3.63) is 21.6 Å². The third kappa shape index (κ3) is 2.48. The predicted octanol–water partition coefficient (Wildman–Crippen LogP) is 3.69. The average molecular weight is 349 g/mol. The molecule has 0 amide bonds. The number of hydrogen-bond acceptors (Lipinski definition) is 3. The zero-order chi connectivity index (χ0) is 13.7. The first kappa shape index (κ1) is 14.7. The van der Waals surface area contributed by atoms with Crippen LogP contribution in [0.15, 0.2) is 21.5 Å². The van der Waals surface area contributed by atoms with E-state index in [1.165, 1.54) is 0 Å². The molecule has 18 heavy (non-hydrogen) atoms. The van der Waals surface area contributed by atoms with E-state index in [9.17, 15) is 0 Å². The molecule has 1 aromatic rings. The summed E-state index contributed by atoms with van der Waals surface area (Å²) in [7, 11) is -0.411. The van der Waals surface area contributed by atoms with Crippen molar-refractivity contribution in [3.63, 3.8) is 0 Å². The average Bonchev–Trinajstić information content (AvgIpc) is 2.44. The lowest BCUT2D eigenvalue weighted by Crippen LogP contribution is -2.41. The molecule has 1 aliphatic heterocycles. The Kier molecular flexibility index (Phi) is 3.85. The Morgan fingerprint density at radius 1 is 1.17 bits per heavy atom. The Labute approximate surface area is 127 Å². The number of halogens is 2. The van der Waals surface area contributed by atoms with Gasteiger partial charge in [0.1, 0.15) is 0 Å². The maximum Gasteiger partial charge on any atom is 0.494 e. The SMILES string of the molecule is CC1(C)OB(c2cc(S)c(Br)c(Cl)c2)OC1(C)C. The lowest BCUT2D eigenvalue weighted by atomic mass is 9.79. The first-order valence-corrected chi connectivity index (χ1v) is 7.29. The molecule has 0 bridgehead atoms. The van der Waals surface area contributed by atoms with E-state index in [0.29, 0.717) is 5.02 Å². The fourth-order valence-electron chi connectivity index (χ4n) is 1.71. The van der Waals surface area contributed by atoms with Gasteiger partial charge in [0, 0.05) is 9.37 Å². The Hall–Kier alpha value is 0.325. The maximum absolute atomic E-state index is 6.13. The highest BCUT2D eigenvalue weighted by molar-refractivity contribution is 9.10. The summed E-state index contributed by atoms with van der Waals surface area (Å²) < 4.78 is 12.7. The third-order valence-electron chi connectivity index (χ3n) is 3.56. The second-order valence-corrected chi connectivity index (χ2v) is 7.11. The molecule has 1 heterocycles. The van der Waals surface area contributed by atoms with Crippen molar-refractivity contribution in [3.8, 4) is 0 Å². The van der Waals surface area contributed by atoms with Gasteiger partial charge in [-0.15, -0.1) is 12.6 Å². The highest BCUT2D eigenvalue weighted by Crippen LogP contribution is 2.37. The normalized spacial score (nSPS) is 21.4. The molecule has 1 aliphatic rings. The molecule has 6 heteroatoms. The monoisotopic (exact) mass is 348 g/mol. The number of rotatable bonds is 1. The fourth-order valence-corrected chi connectivity index (χ4v) is 2.50. The van der Waals surface area contributed by atoms with Gasteiger partial charge in [-0.2, -0.15) is 0 Å². The third-order valence-corrected chi connectivity index (χ3v) is 5.60. The molecule has 1 fully saturated rings. The van der Waals surface area contributed by atoms with E-state index in [0.717, 1.165) is 14.8 Å². The van der Waals surface area contributed by atoms with Crippen LogP contribution in [0, 0.1) is 0 Å². The predicted molar refractivity (Wildman–Crippen MR) is 82.1 cm³/mol. The van der Waals surface area contributed by atoms with Gasteiger partial charge in [-0.25, -0.2) is 0 Å². The minimum Gasteiger partial charge on any atom is -0.399 e.